The van der Waals surface area contributed by atoms with E-state index in [0.29, 0.717) is 24.2 Å². The molecule has 0 atom stereocenters. The second-order valence-electron chi connectivity index (χ2n) is 5.76. The number of anilines is 1. The van der Waals surface area contributed by atoms with E-state index in [2.05, 4.69) is 10.3 Å². The van der Waals surface area contributed by atoms with Crippen molar-refractivity contribution in [1.82, 2.24) is 10.3 Å². The van der Waals surface area contributed by atoms with Crippen molar-refractivity contribution in [2.24, 2.45) is 0 Å². The number of pyridine rings is 1. The molecule has 1 aliphatic rings. The van der Waals surface area contributed by atoms with Crippen LogP contribution in [0.25, 0.3) is 0 Å². The Morgan fingerprint density at radius 3 is 2.76 bits per heavy atom. The number of carbonyl (C=O) groups excluding carboxylic acids is 1. The van der Waals surface area contributed by atoms with Crippen LogP contribution in [-0.2, 0) is 16.6 Å². The molecule has 0 radical (unpaired) electrons. The lowest BCUT2D eigenvalue weighted by Crippen LogP contribution is -2.37. The van der Waals surface area contributed by atoms with Crippen LogP contribution in [0.5, 0.6) is 0 Å². The molecule has 0 bridgehead atoms. The Kier molecular flexibility index (Phi) is 5.24. The third-order valence-corrected chi connectivity index (χ3v) is 6.17. The number of carbonyl (C=O) groups is 1. The zero-order chi connectivity index (χ0) is 17.9. The Morgan fingerprint density at radius 1 is 1.24 bits per heavy atom. The molecule has 1 aromatic heterocycles. The van der Waals surface area contributed by atoms with E-state index in [4.69, 9.17) is 11.6 Å². The summed E-state index contributed by atoms with van der Waals surface area (Å²) in [6.07, 6.45) is 3.13. The molecular formula is C17H18ClN3O3S. The molecule has 0 spiro atoms. The van der Waals surface area contributed by atoms with Crippen LogP contribution in [0.15, 0.2) is 42.6 Å². The van der Waals surface area contributed by atoms with Gasteiger partial charge >= 0.3 is 0 Å². The molecule has 0 aliphatic carbocycles. The molecule has 132 valence electrons. The van der Waals surface area contributed by atoms with Crippen molar-refractivity contribution in [3.63, 3.8) is 0 Å². The summed E-state index contributed by atoms with van der Waals surface area (Å²) in [5, 5.41) is 2.97. The van der Waals surface area contributed by atoms with Gasteiger partial charge in [-0.15, -0.1) is 0 Å². The summed E-state index contributed by atoms with van der Waals surface area (Å²) in [5.74, 6) is -0.194. The molecule has 2 aromatic rings. The lowest BCUT2D eigenvalue weighted by molar-refractivity contribution is 0.0950. The van der Waals surface area contributed by atoms with E-state index in [0.717, 1.165) is 12.1 Å². The molecule has 1 saturated heterocycles. The first kappa shape index (κ1) is 17.7. The number of hydrogen-bond donors (Lipinski definition) is 1. The molecule has 1 amide bonds. The van der Waals surface area contributed by atoms with Crippen molar-refractivity contribution in [2.75, 3.05) is 16.6 Å². The molecule has 2 heterocycles. The van der Waals surface area contributed by atoms with Crippen LogP contribution in [0.3, 0.4) is 0 Å². The lowest BCUT2D eigenvalue weighted by Gasteiger charge is -2.28. The predicted molar refractivity (Wildman–Crippen MR) is 97.2 cm³/mol. The summed E-state index contributed by atoms with van der Waals surface area (Å²) in [6, 6.07) is 10.1. The van der Waals surface area contributed by atoms with Gasteiger partial charge in [-0.05, 0) is 43.2 Å². The molecule has 0 unspecified atom stereocenters. The van der Waals surface area contributed by atoms with Gasteiger partial charge in [0.15, 0.2) is 0 Å². The Hall–Kier alpha value is -2.12. The zero-order valence-corrected chi connectivity index (χ0v) is 15.1. The van der Waals surface area contributed by atoms with E-state index in [1.807, 2.05) is 12.1 Å². The van der Waals surface area contributed by atoms with E-state index in [9.17, 15) is 13.2 Å². The monoisotopic (exact) mass is 379 g/mol. The minimum absolute atomic E-state index is 0.136. The van der Waals surface area contributed by atoms with Crippen LogP contribution in [-0.4, -0.2) is 31.6 Å². The molecule has 1 aromatic carbocycles. The van der Waals surface area contributed by atoms with Gasteiger partial charge < -0.3 is 5.32 Å². The molecule has 8 heteroatoms. The van der Waals surface area contributed by atoms with Gasteiger partial charge in [0.2, 0.25) is 10.0 Å². The maximum Gasteiger partial charge on any atom is 0.253 e. The van der Waals surface area contributed by atoms with Crippen LogP contribution in [0, 0.1) is 0 Å². The third kappa shape index (κ3) is 4.11. The highest BCUT2D eigenvalue weighted by molar-refractivity contribution is 7.92. The van der Waals surface area contributed by atoms with Crippen LogP contribution in [0.1, 0.15) is 28.9 Å². The van der Waals surface area contributed by atoms with Gasteiger partial charge in [0.05, 0.1) is 34.3 Å². The van der Waals surface area contributed by atoms with E-state index in [1.54, 1.807) is 24.4 Å². The largest absolute Gasteiger partial charge is 0.346 e. The predicted octanol–water partition coefficient (Wildman–Crippen LogP) is 2.60. The van der Waals surface area contributed by atoms with Crippen LogP contribution in [0.2, 0.25) is 5.02 Å². The SMILES string of the molecule is O=C(NCc1ccccn1)c1ccc(N2CCCCS2(=O)=O)cc1Cl. The number of nitrogens with zero attached hydrogens (tertiary/aromatic N) is 2. The first-order chi connectivity index (χ1) is 12.0. The fraction of sp³-hybridized carbons (Fsp3) is 0.294. The lowest BCUT2D eigenvalue weighted by atomic mass is 10.2. The molecule has 6 nitrogen and oxygen atoms in total. The van der Waals surface area contributed by atoms with Crippen LogP contribution in [0.4, 0.5) is 5.69 Å². The molecule has 1 fully saturated rings. The minimum atomic E-state index is -3.31. The Labute approximate surface area is 151 Å². The van der Waals surface area contributed by atoms with Crippen molar-refractivity contribution in [3.8, 4) is 0 Å². The van der Waals surface area contributed by atoms with Crippen molar-refractivity contribution in [2.45, 2.75) is 19.4 Å². The maximum absolute atomic E-state index is 12.3. The van der Waals surface area contributed by atoms with E-state index >= 15 is 0 Å². The van der Waals surface area contributed by atoms with Gasteiger partial charge in [0, 0.05) is 12.7 Å². The van der Waals surface area contributed by atoms with Crippen molar-refractivity contribution in [1.29, 1.82) is 0 Å². The van der Waals surface area contributed by atoms with Crippen molar-refractivity contribution >= 4 is 33.2 Å². The summed E-state index contributed by atoms with van der Waals surface area (Å²) in [5.41, 5.74) is 1.53. The number of hydrogen-bond acceptors (Lipinski definition) is 4. The number of nitrogens with one attached hydrogen (secondary N) is 1. The Bertz CT molecular complexity index is 872. The fourth-order valence-corrected chi connectivity index (χ4v) is 4.58. The molecule has 25 heavy (non-hydrogen) atoms. The molecule has 1 N–H and O–H groups in total. The van der Waals surface area contributed by atoms with E-state index in [-0.39, 0.29) is 23.2 Å². The smallest absolute Gasteiger partial charge is 0.253 e. The fourth-order valence-electron chi connectivity index (χ4n) is 2.69. The normalized spacial score (nSPS) is 16.4. The highest BCUT2D eigenvalue weighted by Crippen LogP contribution is 2.28. The topological polar surface area (TPSA) is 79.4 Å². The van der Waals surface area contributed by atoms with Gasteiger partial charge in [0.25, 0.3) is 5.91 Å². The van der Waals surface area contributed by atoms with Gasteiger partial charge in [-0.3, -0.25) is 14.1 Å². The second kappa shape index (κ2) is 7.41. The number of aromatic nitrogens is 1. The third-order valence-electron chi connectivity index (χ3n) is 3.99. The molecule has 3 rings (SSSR count). The minimum Gasteiger partial charge on any atom is -0.346 e. The van der Waals surface area contributed by atoms with Crippen molar-refractivity contribution in [3.05, 3.63) is 58.9 Å². The first-order valence-corrected chi connectivity index (χ1v) is 9.94. The maximum atomic E-state index is 12.3. The van der Waals surface area contributed by atoms with E-state index in [1.165, 1.54) is 10.4 Å². The number of halogens is 1. The highest BCUT2D eigenvalue weighted by atomic mass is 35.5. The summed E-state index contributed by atoms with van der Waals surface area (Å²) in [4.78, 5) is 16.4. The standard InChI is InChI=1S/C17H18ClN3O3S/c18-16-11-14(21-9-3-4-10-25(21,23)24)6-7-15(16)17(22)20-12-13-5-1-2-8-19-13/h1-2,5-8,11H,3-4,9-10,12H2,(H,20,22). The van der Waals surface area contributed by atoms with Gasteiger partial charge in [0.1, 0.15) is 0 Å². The van der Waals surface area contributed by atoms with Gasteiger partial charge in [-0.25, -0.2) is 8.42 Å². The number of benzene rings is 1. The van der Waals surface area contributed by atoms with Crippen LogP contribution >= 0.6 is 11.6 Å². The zero-order valence-electron chi connectivity index (χ0n) is 13.5. The quantitative estimate of drug-likeness (QED) is 0.885. The summed E-state index contributed by atoms with van der Waals surface area (Å²) in [7, 11) is -3.31. The molecular weight excluding hydrogens is 362 g/mol. The van der Waals surface area contributed by atoms with Crippen molar-refractivity contribution < 1.29 is 13.2 Å². The summed E-state index contributed by atoms with van der Waals surface area (Å²) < 4.78 is 25.7. The van der Waals surface area contributed by atoms with Gasteiger partial charge in [-0.1, -0.05) is 17.7 Å². The van der Waals surface area contributed by atoms with Gasteiger partial charge in [-0.2, -0.15) is 0 Å². The molecule has 0 saturated carbocycles. The summed E-state index contributed by atoms with van der Waals surface area (Å²) in [6.45, 7) is 0.724. The Balaban J connectivity index is 1.74. The molecule has 1 aliphatic heterocycles. The van der Waals surface area contributed by atoms with Crippen LogP contribution < -0.4 is 9.62 Å². The second-order valence-corrected chi connectivity index (χ2v) is 8.18. The summed E-state index contributed by atoms with van der Waals surface area (Å²) >= 11 is 6.22. The average Bonchev–Trinajstić information content (AvgIpc) is 2.60. The average molecular weight is 380 g/mol. The Morgan fingerprint density at radius 2 is 2.08 bits per heavy atom. The number of rotatable bonds is 4. The first-order valence-electron chi connectivity index (χ1n) is 7.95. The highest BCUT2D eigenvalue weighted by Gasteiger charge is 2.26. The number of sulfonamides is 1. The van der Waals surface area contributed by atoms with E-state index < -0.39 is 10.0 Å². The number of amides is 1.